The zero-order chi connectivity index (χ0) is 10.4. The molecule has 0 radical (unpaired) electrons. The fourth-order valence-corrected chi connectivity index (χ4v) is 1.05. The highest BCUT2D eigenvalue weighted by atomic mass is 19.1. The predicted molar refractivity (Wildman–Crippen MR) is 53.5 cm³/mol. The Balaban J connectivity index is 2.65. The first kappa shape index (κ1) is 10.5. The van der Waals surface area contributed by atoms with Gasteiger partial charge in [-0.05, 0) is 25.2 Å². The van der Waals surface area contributed by atoms with E-state index in [0.717, 1.165) is 6.54 Å². The molecule has 2 N–H and O–H groups in total. The minimum atomic E-state index is -0.389. The number of nitrogens with zero attached hydrogens (tertiary/aromatic N) is 1. The number of likely N-dealkylation sites (N-methyl/N-ethyl adjacent to an activating group) is 1. The van der Waals surface area contributed by atoms with Crippen molar-refractivity contribution in [1.82, 2.24) is 5.32 Å². The second-order valence-electron chi connectivity index (χ2n) is 2.84. The van der Waals surface area contributed by atoms with E-state index in [1.807, 2.05) is 13.1 Å². The number of hydrogen-bond donors (Lipinski definition) is 2. The summed E-state index contributed by atoms with van der Waals surface area (Å²) < 4.78 is 13.2. The smallest absolute Gasteiger partial charge is 0.147 e. The molecule has 0 aliphatic heterocycles. The Hall–Kier alpha value is -1.60. The summed E-state index contributed by atoms with van der Waals surface area (Å²) in [4.78, 5) is 0. The van der Waals surface area contributed by atoms with Crippen molar-refractivity contribution in [3.63, 3.8) is 0 Å². The molecule has 0 aromatic heterocycles. The van der Waals surface area contributed by atoms with Crippen LogP contribution < -0.4 is 10.6 Å². The molecule has 1 aromatic carbocycles. The third-order valence-corrected chi connectivity index (χ3v) is 1.79. The van der Waals surface area contributed by atoms with Crippen LogP contribution in [0.25, 0.3) is 0 Å². The lowest BCUT2D eigenvalue weighted by Gasteiger charge is -2.06. The third kappa shape index (κ3) is 2.71. The van der Waals surface area contributed by atoms with Crippen molar-refractivity contribution >= 4 is 5.69 Å². The fourth-order valence-electron chi connectivity index (χ4n) is 1.05. The monoisotopic (exact) mass is 193 g/mol. The van der Waals surface area contributed by atoms with E-state index in [2.05, 4.69) is 10.6 Å². The summed E-state index contributed by atoms with van der Waals surface area (Å²) in [6.07, 6.45) is 0. The van der Waals surface area contributed by atoms with Crippen molar-refractivity contribution in [2.75, 3.05) is 25.5 Å². The van der Waals surface area contributed by atoms with Crippen LogP contribution in [0.1, 0.15) is 5.56 Å². The van der Waals surface area contributed by atoms with E-state index in [9.17, 15) is 4.39 Å². The minimum Gasteiger partial charge on any atom is -0.381 e. The zero-order valence-electron chi connectivity index (χ0n) is 7.97. The summed E-state index contributed by atoms with van der Waals surface area (Å²) in [6, 6.07) is 6.27. The van der Waals surface area contributed by atoms with Crippen LogP contribution in [0.15, 0.2) is 18.2 Å². The van der Waals surface area contributed by atoms with Crippen LogP contribution in [0.3, 0.4) is 0 Å². The van der Waals surface area contributed by atoms with Gasteiger partial charge in [0.2, 0.25) is 0 Å². The predicted octanol–water partition coefficient (Wildman–Crippen LogP) is 1.33. The third-order valence-electron chi connectivity index (χ3n) is 1.79. The molecule has 0 saturated carbocycles. The number of rotatable bonds is 4. The van der Waals surface area contributed by atoms with Crippen molar-refractivity contribution in [1.29, 1.82) is 5.26 Å². The second kappa shape index (κ2) is 5.20. The average molecular weight is 193 g/mol. The quantitative estimate of drug-likeness (QED) is 0.709. The largest absolute Gasteiger partial charge is 0.381 e. The van der Waals surface area contributed by atoms with Crippen LogP contribution in [0.4, 0.5) is 10.1 Å². The van der Waals surface area contributed by atoms with Gasteiger partial charge in [-0.15, -0.1) is 0 Å². The van der Waals surface area contributed by atoms with E-state index in [0.29, 0.717) is 17.8 Å². The summed E-state index contributed by atoms with van der Waals surface area (Å²) in [7, 11) is 1.83. The van der Waals surface area contributed by atoms with Crippen molar-refractivity contribution in [2.45, 2.75) is 0 Å². The van der Waals surface area contributed by atoms with Gasteiger partial charge in [0.05, 0.1) is 17.3 Å². The number of anilines is 1. The molecule has 0 unspecified atom stereocenters. The van der Waals surface area contributed by atoms with Gasteiger partial charge in [-0.3, -0.25) is 0 Å². The summed E-state index contributed by atoms with van der Waals surface area (Å²) in [6.45, 7) is 1.42. The number of nitrogens with one attached hydrogen (secondary N) is 2. The molecular formula is C10H12FN3. The lowest BCUT2D eigenvalue weighted by atomic mass is 10.2. The van der Waals surface area contributed by atoms with E-state index in [1.54, 1.807) is 12.1 Å². The van der Waals surface area contributed by atoms with Gasteiger partial charge in [0.1, 0.15) is 5.82 Å². The molecule has 4 heteroatoms. The van der Waals surface area contributed by atoms with Crippen LogP contribution in [0.2, 0.25) is 0 Å². The van der Waals surface area contributed by atoms with E-state index in [1.165, 1.54) is 6.07 Å². The molecule has 3 nitrogen and oxygen atoms in total. The highest BCUT2D eigenvalue weighted by molar-refractivity contribution is 5.48. The zero-order valence-corrected chi connectivity index (χ0v) is 7.97. The second-order valence-corrected chi connectivity index (χ2v) is 2.84. The molecular weight excluding hydrogens is 181 g/mol. The SMILES string of the molecule is CNCCNc1ccc(C#N)cc1F. The number of benzene rings is 1. The van der Waals surface area contributed by atoms with Crippen molar-refractivity contribution < 1.29 is 4.39 Å². The Morgan fingerprint density at radius 3 is 2.79 bits per heavy atom. The Bertz CT molecular complexity index is 344. The summed E-state index contributed by atoms with van der Waals surface area (Å²) >= 11 is 0. The average Bonchev–Trinajstić information content (AvgIpc) is 2.20. The Kier molecular flexibility index (Phi) is 3.89. The molecule has 74 valence electrons. The van der Waals surface area contributed by atoms with Gasteiger partial charge in [0.15, 0.2) is 0 Å². The Morgan fingerprint density at radius 1 is 1.43 bits per heavy atom. The molecule has 0 spiro atoms. The Morgan fingerprint density at radius 2 is 2.21 bits per heavy atom. The van der Waals surface area contributed by atoms with Crippen LogP contribution in [0.5, 0.6) is 0 Å². The molecule has 0 aliphatic carbocycles. The fraction of sp³-hybridized carbons (Fsp3) is 0.300. The van der Waals surface area contributed by atoms with Gasteiger partial charge in [0, 0.05) is 13.1 Å². The molecule has 1 aromatic rings. The van der Waals surface area contributed by atoms with Crippen LogP contribution in [0, 0.1) is 17.1 Å². The number of halogens is 1. The highest BCUT2D eigenvalue weighted by Gasteiger charge is 2.01. The lowest BCUT2D eigenvalue weighted by Crippen LogP contribution is -2.18. The first-order valence-electron chi connectivity index (χ1n) is 4.36. The van der Waals surface area contributed by atoms with Gasteiger partial charge < -0.3 is 10.6 Å². The Labute approximate surface area is 82.5 Å². The molecule has 0 fully saturated rings. The molecule has 0 aliphatic rings. The molecule has 1 rings (SSSR count). The van der Waals surface area contributed by atoms with Crippen molar-refractivity contribution in [3.05, 3.63) is 29.6 Å². The van der Waals surface area contributed by atoms with Gasteiger partial charge in [0.25, 0.3) is 0 Å². The van der Waals surface area contributed by atoms with Crippen molar-refractivity contribution in [3.8, 4) is 6.07 Å². The van der Waals surface area contributed by atoms with E-state index in [4.69, 9.17) is 5.26 Å². The molecule has 0 amide bonds. The van der Waals surface area contributed by atoms with Gasteiger partial charge in [-0.1, -0.05) is 0 Å². The maximum atomic E-state index is 13.2. The van der Waals surface area contributed by atoms with E-state index < -0.39 is 0 Å². The van der Waals surface area contributed by atoms with Crippen LogP contribution in [-0.4, -0.2) is 20.1 Å². The molecule has 14 heavy (non-hydrogen) atoms. The number of nitriles is 1. The first-order valence-corrected chi connectivity index (χ1v) is 4.36. The molecule has 0 bridgehead atoms. The lowest BCUT2D eigenvalue weighted by molar-refractivity contribution is 0.629. The highest BCUT2D eigenvalue weighted by Crippen LogP contribution is 2.14. The van der Waals surface area contributed by atoms with Gasteiger partial charge in [-0.2, -0.15) is 5.26 Å². The van der Waals surface area contributed by atoms with Gasteiger partial charge >= 0.3 is 0 Å². The van der Waals surface area contributed by atoms with Crippen LogP contribution in [-0.2, 0) is 0 Å². The number of hydrogen-bond acceptors (Lipinski definition) is 3. The summed E-state index contributed by atoms with van der Waals surface area (Å²) in [5, 5.41) is 14.4. The summed E-state index contributed by atoms with van der Waals surface area (Å²) in [5.74, 6) is -0.389. The van der Waals surface area contributed by atoms with Crippen molar-refractivity contribution in [2.24, 2.45) is 0 Å². The molecule has 0 heterocycles. The topological polar surface area (TPSA) is 47.8 Å². The standard InChI is InChI=1S/C10H12FN3/c1-13-4-5-14-10-3-2-8(7-12)6-9(10)11/h2-3,6,13-14H,4-5H2,1H3. The summed E-state index contributed by atoms with van der Waals surface area (Å²) in [5.41, 5.74) is 0.765. The normalized spacial score (nSPS) is 9.50. The first-order chi connectivity index (χ1) is 6.77. The maximum absolute atomic E-state index is 13.2. The molecule has 0 saturated heterocycles. The van der Waals surface area contributed by atoms with Gasteiger partial charge in [-0.25, -0.2) is 4.39 Å². The van der Waals surface area contributed by atoms with Crippen LogP contribution >= 0.6 is 0 Å². The minimum absolute atomic E-state index is 0.335. The molecule has 0 atom stereocenters. The van der Waals surface area contributed by atoms with E-state index in [-0.39, 0.29) is 5.82 Å². The van der Waals surface area contributed by atoms with E-state index >= 15 is 0 Å². The maximum Gasteiger partial charge on any atom is 0.147 e.